The highest BCUT2D eigenvalue weighted by Crippen LogP contribution is 2.19. The van der Waals surface area contributed by atoms with Gasteiger partial charge in [0.2, 0.25) is 0 Å². The van der Waals surface area contributed by atoms with Crippen LogP contribution in [0.3, 0.4) is 0 Å². The Kier molecular flexibility index (Phi) is 2.00. The summed E-state index contributed by atoms with van der Waals surface area (Å²) in [5.41, 5.74) is 2.90. The lowest BCUT2D eigenvalue weighted by Gasteiger charge is -2.02. The maximum atomic E-state index is 4.04. The van der Waals surface area contributed by atoms with Gasteiger partial charge in [-0.25, -0.2) is 4.68 Å². The first-order valence-corrected chi connectivity index (χ1v) is 4.90. The van der Waals surface area contributed by atoms with Gasteiger partial charge in [0.25, 0.3) is 0 Å². The Hall–Kier alpha value is -2.43. The van der Waals surface area contributed by atoms with E-state index < -0.39 is 0 Å². The molecule has 0 unspecified atom stereocenters. The van der Waals surface area contributed by atoms with Crippen LogP contribution < -0.4 is 0 Å². The van der Waals surface area contributed by atoms with Crippen molar-refractivity contribution in [3.8, 4) is 16.9 Å². The predicted octanol–water partition coefficient (Wildman–Crippen LogP) is 1.66. The molecule has 0 saturated carbocycles. The van der Waals surface area contributed by atoms with Crippen LogP contribution in [0.1, 0.15) is 0 Å². The number of rotatable bonds is 2. The maximum Gasteiger partial charge on any atom is 0.105 e. The minimum absolute atomic E-state index is 0.872. The summed E-state index contributed by atoms with van der Waals surface area (Å²) in [4.78, 5) is 0. The summed E-state index contributed by atoms with van der Waals surface area (Å²) in [5, 5.41) is 14.6. The van der Waals surface area contributed by atoms with E-state index in [4.69, 9.17) is 0 Å². The number of benzene rings is 1. The van der Waals surface area contributed by atoms with Crippen LogP contribution in [-0.4, -0.2) is 25.2 Å². The quantitative estimate of drug-likeness (QED) is 0.701. The predicted molar refractivity (Wildman–Crippen MR) is 58.9 cm³/mol. The molecular weight excluding hydrogens is 202 g/mol. The molecule has 0 atom stereocenters. The second kappa shape index (κ2) is 3.62. The van der Waals surface area contributed by atoms with Crippen LogP contribution in [0, 0.1) is 0 Å². The normalized spacial score (nSPS) is 10.5. The molecule has 78 valence electrons. The molecule has 0 aliphatic heterocycles. The van der Waals surface area contributed by atoms with Crippen molar-refractivity contribution in [3.05, 3.63) is 48.9 Å². The van der Waals surface area contributed by atoms with Gasteiger partial charge in [0.05, 0.1) is 18.1 Å². The van der Waals surface area contributed by atoms with Crippen LogP contribution in [0.2, 0.25) is 0 Å². The highest BCUT2D eigenvalue weighted by Gasteiger charge is 2.08. The van der Waals surface area contributed by atoms with E-state index in [-0.39, 0.29) is 0 Å². The van der Waals surface area contributed by atoms with Gasteiger partial charge in [-0.3, -0.25) is 5.10 Å². The van der Waals surface area contributed by atoms with E-state index >= 15 is 0 Å². The van der Waals surface area contributed by atoms with Crippen LogP contribution in [-0.2, 0) is 0 Å². The van der Waals surface area contributed by atoms with Gasteiger partial charge in [0.15, 0.2) is 0 Å². The monoisotopic (exact) mass is 211 g/mol. The minimum atomic E-state index is 0.872. The molecule has 16 heavy (non-hydrogen) atoms. The average Bonchev–Trinajstić information content (AvgIpc) is 3.01. The lowest BCUT2D eigenvalue weighted by atomic mass is 10.2. The molecule has 1 aromatic carbocycles. The molecule has 0 bridgehead atoms. The first-order valence-electron chi connectivity index (χ1n) is 4.90. The van der Waals surface area contributed by atoms with Crippen LogP contribution >= 0.6 is 0 Å². The Morgan fingerprint density at radius 1 is 1.06 bits per heavy atom. The van der Waals surface area contributed by atoms with Crippen molar-refractivity contribution in [2.45, 2.75) is 0 Å². The molecule has 5 heteroatoms. The molecule has 2 heterocycles. The lowest BCUT2D eigenvalue weighted by molar-refractivity contribution is 0.808. The number of nitrogens with zero attached hydrogens (tertiary/aromatic N) is 4. The number of aromatic nitrogens is 5. The van der Waals surface area contributed by atoms with Crippen molar-refractivity contribution < 1.29 is 0 Å². The molecular formula is C11H9N5. The Labute approximate surface area is 91.7 Å². The molecule has 1 N–H and O–H groups in total. The summed E-state index contributed by atoms with van der Waals surface area (Å²) in [7, 11) is 0. The SMILES string of the molecule is c1ccc(-c2cnnn2-c2cn[nH]c2)cc1. The zero-order valence-electron chi connectivity index (χ0n) is 8.41. The van der Waals surface area contributed by atoms with E-state index in [0.29, 0.717) is 0 Å². The third kappa shape index (κ3) is 1.38. The summed E-state index contributed by atoms with van der Waals surface area (Å²) in [6.07, 6.45) is 5.23. The van der Waals surface area contributed by atoms with Gasteiger partial charge in [0, 0.05) is 11.8 Å². The smallest absolute Gasteiger partial charge is 0.105 e. The Balaban J connectivity index is 2.14. The largest absolute Gasteiger partial charge is 0.283 e. The van der Waals surface area contributed by atoms with E-state index in [2.05, 4.69) is 20.5 Å². The van der Waals surface area contributed by atoms with E-state index in [9.17, 15) is 0 Å². The van der Waals surface area contributed by atoms with Crippen LogP contribution in [0.15, 0.2) is 48.9 Å². The minimum Gasteiger partial charge on any atom is -0.283 e. The third-order valence-electron chi connectivity index (χ3n) is 2.35. The fourth-order valence-corrected chi connectivity index (χ4v) is 1.59. The molecule has 0 fully saturated rings. The van der Waals surface area contributed by atoms with Crippen molar-refractivity contribution >= 4 is 0 Å². The van der Waals surface area contributed by atoms with Gasteiger partial charge < -0.3 is 0 Å². The summed E-state index contributed by atoms with van der Waals surface area (Å²) in [5.74, 6) is 0. The van der Waals surface area contributed by atoms with Crippen molar-refractivity contribution in [2.75, 3.05) is 0 Å². The topological polar surface area (TPSA) is 59.4 Å². The highest BCUT2D eigenvalue weighted by molar-refractivity contribution is 5.60. The van der Waals surface area contributed by atoms with E-state index in [1.807, 2.05) is 30.3 Å². The number of nitrogens with one attached hydrogen (secondary N) is 1. The molecule has 0 amide bonds. The molecule has 0 aliphatic carbocycles. The number of hydrogen-bond acceptors (Lipinski definition) is 3. The molecule has 2 aromatic heterocycles. The molecule has 0 spiro atoms. The van der Waals surface area contributed by atoms with Crippen LogP contribution in [0.5, 0.6) is 0 Å². The van der Waals surface area contributed by atoms with Crippen LogP contribution in [0.4, 0.5) is 0 Å². The van der Waals surface area contributed by atoms with Gasteiger partial charge in [-0.1, -0.05) is 35.5 Å². The molecule has 5 nitrogen and oxygen atoms in total. The van der Waals surface area contributed by atoms with E-state index in [1.54, 1.807) is 23.3 Å². The van der Waals surface area contributed by atoms with Gasteiger partial charge >= 0.3 is 0 Å². The van der Waals surface area contributed by atoms with Crippen LogP contribution in [0.25, 0.3) is 16.9 Å². The Morgan fingerprint density at radius 3 is 2.69 bits per heavy atom. The van der Waals surface area contributed by atoms with Gasteiger partial charge in [-0.05, 0) is 0 Å². The number of aromatic amines is 1. The Morgan fingerprint density at radius 2 is 1.94 bits per heavy atom. The first-order chi connectivity index (χ1) is 7.95. The molecule has 3 aromatic rings. The third-order valence-corrected chi connectivity index (χ3v) is 2.35. The average molecular weight is 211 g/mol. The maximum absolute atomic E-state index is 4.04. The molecule has 3 rings (SSSR count). The fourth-order valence-electron chi connectivity index (χ4n) is 1.59. The second-order valence-electron chi connectivity index (χ2n) is 3.35. The van der Waals surface area contributed by atoms with Crippen molar-refractivity contribution in [3.63, 3.8) is 0 Å². The van der Waals surface area contributed by atoms with Gasteiger partial charge in [-0.2, -0.15) is 5.10 Å². The highest BCUT2D eigenvalue weighted by atomic mass is 15.4. The molecule has 0 aliphatic rings. The summed E-state index contributed by atoms with van der Waals surface area (Å²) in [6, 6.07) is 10.0. The Bertz CT molecular complexity index is 567. The molecule has 0 saturated heterocycles. The zero-order valence-corrected chi connectivity index (χ0v) is 8.41. The van der Waals surface area contributed by atoms with E-state index in [1.165, 1.54) is 0 Å². The standard InChI is InChI=1S/C11H9N5/c1-2-4-9(5-3-1)11-8-14-15-16(11)10-6-12-13-7-10/h1-8H,(H,12,13). The second-order valence-corrected chi connectivity index (χ2v) is 3.35. The first kappa shape index (κ1) is 8.84. The van der Waals surface area contributed by atoms with Gasteiger partial charge in [0.1, 0.15) is 5.69 Å². The summed E-state index contributed by atoms with van der Waals surface area (Å²) >= 11 is 0. The lowest BCUT2D eigenvalue weighted by Crippen LogP contribution is -1.97. The summed E-state index contributed by atoms with van der Waals surface area (Å²) < 4.78 is 1.75. The number of hydrogen-bond donors (Lipinski definition) is 1. The van der Waals surface area contributed by atoms with Crippen molar-refractivity contribution in [1.82, 2.24) is 25.2 Å². The van der Waals surface area contributed by atoms with E-state index in [0.717, 1.165) is 16.9 Å². The molecule has 0 radical (unpaired) electrons. The van der Waals surface area contributed by atoms with Crippen molar-refractivity contribution in [1.29, 1.82) is 0 Å². The van der Waals surface area contributed by atoms with Gasteiger partial charge in [-0.15, -0.1) is 5.10 Å². The summed E-state index contributed by atoms with van der Waals surface area (Å²) in [6.45, 7) is 0. The van der Waals surface area contributed by atoms with Crippen molar-refractivity contribution in [2.24, 2.45) is 0 Å². The zero-order chi connectivity index (χ0) is 10.8. The number of H-pyrrole nitrogens is 1. The fraction of sp³-hybridized carbons (Fsp3) is 0.